The highest BCUT2D eigenvalue weighted by Gasteiger charge is 2.33. The Morgan fingerprint density at radius 1 is 1.19 bits per heavy atom. The normalized spacial score (nSPS) is 22.2. The molecular formula is C17H24O3S. The Morgan fingerprint density at radius 3 is 2.52 bits per heavy atom. The van der Waals surface area contributed by atoms with E-state index in [0.717, 1.165) is 12.8 Å². The third kappa shape index (κ3) is 4.40. The van der Waals surface area contributed by atoms with Crippen LogP contribution in [0.15, 0.2) is 35.2 Å². The van der Waals surface area contributed by atoms with E-state index >= 15 is 0 Å². The van der Waals surface area contributed by atoms with Crippen molar-refractivity contribution in [3.63, 3.8) is 0 Å². The van der Waals surface area contributed by atoms with E-state index in [1.807, 2.05) is 6.07 Å². The Bertz CT molecular complexity index is 588. The van der Waals surface area contributed by atoms with Crippen molar-refractivity contribution in [2.75, 3.05) is 5.75 Å². The van der Waals surface area contributed by atoms with Gasteiger partial charge in [0.05, 0.1) is 10.6 Å². The molecule has 1 aliphatic carbocycles. The van der Waals surface area contributed by atoms with Crippen molar-refractivity contribution in [3.05, 3.63) is 30.3 Å². The summed E-state index contributed by atoms with van der Waals surface area (Å²) in [5, 5.41) is 0. The number of ketones is 1. The Hall–Kier alpha value is -1.16. The summed E-state index contributed by atoms with van der Waals surface area (Å²) in [4.78, 5) is 12.3. The van der Waals surface area contributed by atoms with Gasteiger partial charge in [0.25, 0.3) is 0 Å². The molecule has 0 amide bonds. The van der Waals surface area contributed by atoms with Gasteiger partial charge in [-0.15, -0.1) is 0 Å². The van der Waals surface area contributed by atoms with Crippen LogP contribution < -0.4 is 0 Å². The van der Waals surface area contributed by atoms with Crippen LogP contribution in [-0.2, 0) is 14.6 Å². The largest absolute Gasteiger partial charge is 0.299 e. The number of rotatable bonds is 5. The van der Waals surface area contributed by atoms with Gasteiger partial charge in [-0.3, -0.25) is 4.79 Å². The molecule has 1 fully saturated rings. The third-order valence-electron chi connectivity index (χ3n) is 4.37. The second-order valence-electron chi connectivity index (χ2n) is 6.81. The molecule has 0 saturated heterocycles. The van der Waals surface area contributed by atoms with E-state index in [0.29, 0.717) is 29.9 Å². The van der Waals surface area contributed by atoms with Crippen molar-refractivity contribution in [1.82, 2.24) is 0 Å². The minimum Gasteiger partial charge on any atom is -0.299 e. The molecule has 0 radical (unpaired) electrons. The average molecular weight is 308 g/mol. The standard InChI is InChI=1S/C17H24O3S/c1-17(2)11-10-16(18)14(13-17)7-6-12-21(19,20)15-8-4-3-5-9-15/h3-5,8-9,14H,6-7,10-13H2,1-2H3. The Balaban J connectivity index is 1.91. The summed E-state index contributed by atoms with van der Waals surface area (Å²) in [6, 6.07) is 8.54. The van der Waals surface area contributed by atoms with E-state index in [1.165, 1.54) is 0 Å². The predicted octanol–water partition coefficient (Wildman–Crippen LogP) is 3.64. The van der Waals surface area contributed by atoms with E-state index in [-0.39, 0.29) is 17.1 Å². The number of benzene rings is 1. The fraction of sp³-hybridized carbons (Fsp3) is 0.588. The van der Waals surface area contributed by atoms with E-state index in [4.69, 9.17) is 0 Å². The van der Waals surface area contributed by atoms with Crippen molar-refractivity contribution in [1.29, 1.82) is 0 Å². The molecule has 1 unspecified atom stereocenters. The first kappa shape index (κ1) is 16.2. The van der Waals surface area contributed by atoms with Crippen molar-refractivity contribution in [2.45, 2.75) is 50.8 Å². The highest BCUT2D eigenvalue weighted by atomic mass is 32.2. The fourth-order valence-corrected chi connectivity index (χ4v) is 4.43. The SMILES string of the molecule is CC1(C)CCC(=O)C(CCCS(=O)(=O)c2ccccc2)C1. The van der Waals surface area contributed by atoms with Crippen molar-refractivity contribution in [3.8, 4) is 0 Å². The maximum Gasteiger partial charge on any atom is 0.178 e. The zero-order valence-electron chi connectivity index (χ0n) is 12.8. The molecule has 1 aromatic rings. The average Bonchev–Trinajstić information content (AvgIpc) is 2.43. The number of sulfone groups is 1. The number of hydrogen-bond donors (Lipinski definition) is 0. The van der Waals surface area contributed by atoms with Gasteiger partial charge in [0, 0.05) is 12.3 Å². The van der Waals surface area contributed by atoms with E-state index < -0.39 is 9.84 Å². The van der Waals surface area contributed by atoms with Gasteiger partial charge < -0.3 is 0 Å². The number of carbonyl (C=O) groups excluding carboxylic acids is 1. The molecule has 0 aliphatic heterocycles. The van der Waals surface area contributed by atoms with E-state index in [1.54, 1.807) is 24.3 Å². The second kappa shape index (κ2) is 6.30. The quantitative estimate of drug-likeness (QED) is 0.834. The van der Waals surface area contributed by atoms with Gasteiger partial charge in [0.2, 0.25) is 0 Å². The first-order valence-electron chi connectivity index (χ1n) is 7.61. The molecule has 21 heavy (non-hydrogen) atoms. The number of carbonyl (C=O) groups is 1. The molecule has 1 aliphatic rings. The molecule has 0 spiro atoms. The minimum absolute atomic E-state index is 0.0414. The summed E-state index contributed by atoms with van der Waals surface area (Å²) in [5.74, 6) is 0.479. The maximum atomic E-state index is 12.2. The summed E-state index contributed by atoms with van der Waals surface area (Å²) >= 11 is 0. The van der Waals surface area contributed by atoms with Gasteiger partial charge in [-0.25, -0.2) is 8.42 Å². The summed E-state index contributed by atoms with van der Waals surface area (Å²) in [6.45, 7) is 4.38. The van der Waals surface area contributed by atoms with Crippen LogP contribution in [0.25, 0.3) is 0 Å². The van der Waals surface area contributed by atoms with E-state index in [9.17, 15) is 13.2 Å². The molecule has 116 valence electrons. The van der Waals surface area contributed by atoms with Gasteiger partial charge in [-0.2, -0.15) is 0 Å². The minimum atomic E-state index is -3.22. The third-order valence-corrected chi connectivity index (χ3v) is 6.19. The van der Waals surface area contributed by atoms with Crippen LogP contribution in [-0.4, -0.2) is 20.0 Å². The maximum absolute atomic E-state index is 12.2. The summed E-state index contributed by atoms with van der Waals surface area (Å²) in [6.07, 6.45) is 3.73. The number of Topliss-reactive ketones (excluding diaryl/α,β-unsaturated/α-hetero) is 1. The van der Waals surface area contributed by atoms with Crippen molar-refractivity contribution in [2.24, 2.45) is 11.3 Å². The summed E-state index contributed by atoms with van der Waals surface area (Å²) in [7, 11) is -3.22. The summed E-state index contributed by atoms with van der Waals surface area (Å²) < 4.78 is 24.4. The lowest BCUT2D eigenvalue weighted by Gasteiger charge is -2.34. The molecule has 2 rings (SSSR count). The predicted molar refractivity (Wildman–Crippen MR) is 83.9 cm³/mol. The zero-order valence-corrected chi connectivity index (χ0v) is 13.7. The van der Waals surface area contributed by atoms with Gasteiger partial charge >= 0.3 is 0 Å². The van der Waals surface area contributed by atoms with Crippen LogP contribution in [0.3, 0.4) is 0 Å². The van der Waals surface area contributed by atoms with Crippen LogP contribution >= 0.6 is 0 Å². The van der Waals surface area contributed by atoms with Crippen LogP contribution in [0.2, 0.25) is 0 Å². The fourth-order valence-electron chi connectivity index (χ4n) is 3.08. The van der Waals surface area contributed by atoms with Gasteiger partial charge in [-0.05, 0) is 43.2 Å². The first-order valence-corrected chi connectivity index (χ1v) is 9.26. The van der Waals surface area contributed by atoms with Crippen LogP contribution in [0, 0.1) is 11.3 Å². The second-order valence-corrected chi connectivity index (χ2v) is 8.91. The van der Waals surface area contributed by atoms with Gasteiger partial charge in [-0.1, -0.05) is 32.0 Å². The molecule has 1 saturated carbocycles. The Labute approximate surface area is 127 Å². The van der Waals surface area contributed by atoms with Crippen LogP contribution in [0.1, 0.15) is 46.0 Å². The highest BCUT2D eigenvalue weighted by Crippen LogP contribution is 2.38. The molecular weight excluding hydrogens is 284 g/mol. The lowest BCUT2D eigenvalue weighted by atomic mass is 9.70. The smallest absolute Gasteiger partial charge is 0.178 e. The number of hydrogen-bond acceptors (Lipinski definition) is 3. The topological polar surface area (TPSA) is 51.2 Å². The van der Waals surface area contributed by atoms with E-state index in [2.05, 4.69) is 13.8 Å². The highest BCUT2D eigenvalue weighted by molar-refractivity contribution is 7.91. The molecule has 1 atom stereocenters. The molecule has 0 bridgehead atoms. The van der Waals surface area contributed by atoms with Crippen molar-refractivity contribution >= 4 is 15.6 Å². The molecule has 1 aromatic carbocycles. The Kier molecular flexibility index (Phi) is 4.87. The summed E-state index contributed by atoms with van der Waals surface area (Å²) in [5.41, 5.74) is 0.205. The van der Waals surface area contributed by atoms with Crippen LogP contribution in [0.5, 0.6) is 0 Å². The molecule has 3 nitrogen and oxygen atoms in total. The zero-order chi connectivity index (χ0) is 15.5. The van der Waals surface area contributed by atoms with Gasteiger partial charge in [0.15, 0.2) is 9.84 Å². The molecule has 0 aromatic heterocycles. The van der Waals surface area contributed by atoms with Crippen LogP contribution in [0.4, 0.5) is 0 Å². The lowest BCUT2D eigenvalue weighted by molar-refractivity contribution is -0.127. The Morgan fingerprint density at radius 2 is 1.86 bits per heavy atom. The van der Waals surface area contributed by atoms with Crippen molar-refractivity contribution < 1.29 is 13.2 Å². The molecule has 4 heteroatoms. The van der Waals surface area contributed by atoms with Gasteiger partial charge in [0.1, 0.15) is 5.78 Å². The molecule has 0 N–H and O–H groups in total. The monoisotopic (exact) mass is 308 g/mol. The first-order chi connectivity index (χ1) is 9.80. The lowest BCUT2D eigenvalue weighted by Crippen LogP contribution is -2.30. The molecule has 0 heterocycles.